The summed E-state index contributed by atoms with van der Waals surface area (Å²) in [7, 11) is 1.48. The van der Waals surface area contributed by atoms with Crippen molar-refractivity contribution in [2.45, 2.75) is 33.6 Å². The van der Waals surface area contributed by atoms with Gasteiger partial charge in [-0.25, -0.2) is 0 Å². The van der Waals surface area contributed by atoms with Crippen LogP contribution in [0.15, 0.2) is 0 Å². The zero-order chi connectivity index (χ0) is 10.0. The highest BCUT2D eigenvalue weighted by atomic mass is 16.5. The van der Waals surface area contributed by atoms with E-state index in [0.29, 0.717) is 17.8 Å². The summed E-state index contributed by atoms with van der Waals surface area (Å²) in [4.78, 5) is 11.3. The number of hydrogen-bond donors (Lipinski definition) is 0. The fraction of sp³-hybridized carbons (Fsp3) is 0.909. The Morgan fingerprint density at radius 3 is 2.38 bits per heavy atom. The smallest absolute Gasteiger partial charge is 0.308 e. The van der Waals surface area contributed by atoms with Crippen molar-refractivity contribution in [2.75, 3.05) is 7.11 Å². The molecule has 3 atom stereocenters. The molecule has 0 amide bonds. The molecule has 0 heterocycles. The summed E-state index contributed by atoms with van der Waals surface area (Å²) in [6.45, 7) is 6.72. The number of methoxy groups -OCH3 is 1. The molecule has 13 heavy (non-hydrogen) atoms. The molecule has 0 unspecified atom stereocenters. The third-order valence-corrected chi connectivity index (χ3v) is 3.33. The first-order valence-corrected chi connectivity index (χ1v) is 5.14. The van der Waals surface area contributed by atoms with Crippen LogP contribution in [-0.2, 0) is 9.53 Å². The molecule has 2 nitrogen and oxygen atoms in total. The topological polar surface area (TPSA) is 26.3 Å². The van der Waals surface area contributed by atoms with E-state index in [4.69, 9.17) is 4.74 Å². The molecule has 1 saturated carbocycles. The molecule has 0 spiro atoms. The molecule has 1 aliphatic rings. The predicted octanol–water partition coefficient (Wildman–Crippen LogP) is 2.48. The van der Waals surface area contributed by atoms with E-state index in [9.17, 15) is 4.79 Å². The van der Waals surface area contributed by atoms with Gasteiger partial charge in [-0.3, -0.25) is 4.79 Å². The summed E-state index contributed by atoms with van der Waals surface area (Å²) < 4.78 is 4.77. The highest BCUT2D eigenvalue weighted by molar-refractivity contribution is 5.72. The lowest BCUT2D eigenvalue weighted by Crippen LogP contribution is -2.14. The standard InChI is InChI=1S/C11H20O2/c1-7(2)10-6-9(5-8(10)3)11(12)13-4/h7-10H,5-6H2,1-4H3/t8-,9+,10-/m0/s1. The minimum atomic E-state index is -0.0185. The van der Waals surface area contributed by atoms with Crippen LogP contribution in [0, 0.1) is 23.7 Å². The van der Waals surface area contributed by atoms with Crippen LogP contribution in [0.3, 0.4) is 0 Å². The number of ether oxygens (including phenoxy) is 1. The molecule has 0 bridgehead atoms. The van der Waals surface area contributed by atoms with Crippen molar-refractivity contribution in [3.8, 4) is 0 Å². The molecule has 0 aliphatic heterocycles. The molecule has 1 rings (SSSR count). The summed E-state index contributed by atoms with van der Waals surface area (Å²) >= 11 is 0. The van der Waals surface area contributed by atoms with E-state index >= 15 is 0 Å². The maximum absolute atomic E-state index is 11.3. The summed E-state index contributed by atoms with van der Waals surface area (Å²) in [5.74, 6) is 2.19. The van der Waals surface area contributed by atoms with Gasteiger partial charge in [-0.2, -0.15) is 0 Å². The molecule has 2 heteroatoms. The van der Waals surface area contributed by atoms with Crippen LogP contribution in [0.1, 0.15) is 33.6 Å². The number of esters is 1. The Labute approximate surface area is 80.7 Å². The van der Waals surface area contributed by atoms with E-state index in [1.54, 1.807) is 0 Å². The molecule has 0 aromatic carbocycles. The van der Waals surface area contributed by atoms with Crippen molar-refractivity contribution >= 4 is 5.97 Å². The van der Waals surface area contributed by atoms with Crippen molar-refractivity contribution in [3.05, 3.63) is 0 Å². The van der Waals surface area contributed by atoms with Crippen molar-refractivity contribution < 1.29 is 9.53 Å². The van der Waals surface area contributed by atoms with Gasteiger partial charge >= 0.3 is 5.97 Å². The van der Waals surface area contributed by atoms with Gasteiger partial charge in [0.1, 0.15) is 0 Å². The SMILES string of the molecule is COC(=O)[C@@H]1C[C@H](C)[C@H](C(C)C)C1. The van der Waals surface area contributed by atoms with E-state index < -0.39 is 0 Å². The minimum absolute atomic E-state index is 0.0185. The Kier molecular flexibility index (Phi) is 3.34. The average Bonchev–Trinajstić information content (AvgIpc) is 2.46. The summed E-state index contributed by atoms with van der Waals surface area (Å²) in [5, 5.41) is 0. The van der Waals surface area contributed by atoms with Gasteiger partial charge < -0.3 is 4.74 Å². The van der Waals surface area contributed by atoms with Gasteiger partial charge in [-0.1, -0.05) is 20.8 Å². The van der Waals surface area contributed by atoms with E-state index in [1.165, 1.54) is 7.11 Å². The molecule has 0 N–H and O–H groups in total. The molecular weight excluding hydrogens is 164 g/mol. The molecule has 1 fully saturated rings. The van der Waals surface area contributed by atoms with E-state index in [0.717, 1.165) is 12.8 Å². The zero-order valence-electron chi connectivity index (χ0n) is 9.04. The van der Waals surface area contributed by atoms with Crippen LogP contribution in [0.5, 0.6) is 0 Å². The molecule has 1 aliphatic carbocycles. The summed E-state index contributed by atoms with van der Waals surface area (Å²) in [5.41, 5.74) is 0. The number of hydrogen-bond acceptors (Lipinski definition) is 2. The Morgan fingerprint density at radius 1 is 1.38 bits per heavy atom. The van der Waals surface area contributed by atoms with Crippen molar-refractivity contribution in [3.63, 3.8) is 0 Å². The van der Waals surface area contributed by atoms with Gasteiger partial charge in [-0.15, -0.1) is 0 Å². The fourth-order valence-corrected chi connectivity index (χ4v) is 2.57. The Bertz CT molecular complexity index is 187. The van der Waals surface area contributed by atoms with Crippen LogP contribution in [0.2, 0.25) is 0 Å². The third kappa shape index (κ3) is 2.23. The van der Waals surface area contributed by atoms with Gasteiger partial charge in [-0.05, 0) is 30.6 Å². The normalized spacial score (nSPS) is 33.8. The molecule has 0 saturated heterocycles. The summed E-state index contributed by atoms with van der Waals surface area (Å²) in [6.07, 6.45) is 2.03. The Hall–Kier alpha value is -0.530. The van der Waals surface area contributed by atoms with Crippen molar-refractivity contribution in [1.82, 2.24) is 0 Å². The van der Waals surface area contributed by atoms with Gasteiger partial charge in [0.05, 0.1) is 13.0 Å². The monoisotopic (exact) mass is 184 g/mol. The van der Waals surface area contributed by atoms with Crippen LogP contribution >= 0.6 is 0 Å². The van der Waals surface area contributed by atoms with Gasteiger partial charge in [0.15, 0.2) is 0 Å². The highest BCUT2D eigenvalue weighted by Gasteiger charge is 2.37. The van der Waals surface area contributed by atoms with Crippen molar-refractivity contribution in [2.24, 2.45) is 23.7 Å². The van der Waals surface area contributed by atoms with E-state index in [-0.39, 0.29) is 11.9 Å². The summed E-state index contributed by atoms with van der Waals surface area (Å²) in [6, 6.07) is 0. The lowest BCUT2D eigenvalue weighted by Gasteiger charge is -2.18. The minimum Gasteiger partial charge on any atom is -0.469 e. The predicted molar refractivity (Wildman–Crippen MR) is 52.2 cm³/mol. The van der Waals surface area contributed by atoms with E-state index in [1.807, 2.05) is 0 Å². The fourth-order valence-electron chi connectivity index (χ4n) is 2.57. The third-order valence-electron chi connectivity index (χ3n) is 3.33. The number of carbonyl (C=O) groups excluding carboxylic acids is 1. The van der Waals surface area contributed by atoms with Crippen LogP contribution < -0.4 is 0 Å². The quantitative estimate of drug-likeness (QED) is 0.616. The van der Waals surface area contributed by atoms with Crippen LogP contribution in [0.4, 0.5) is 0 Å². The maximum Gasteiger partial charge on any atom is 0.308 e. The van der Waals surface area contributed by atoms with E-state index in [2.05, 4.69) is 20.8 Å². The maximum atomic E-state index is 11.3. The molecule has 76 valence electrons. The average molecular weight is 184 g/mol. The van der Waals surface area contributed by atoms with Crippen molar-refractivity contribution in [1.29, 1.82) is 0 Å². The van der Waals surface area contributed by atoms with Crippen LogP contribution in [-0.4, -0.2) is 13.1 Å². The van der Waals surface area contributed by atoms with Crippen LogP contribution in [0.25, 0.3) is 0 Å². The number of rotatable bonds is 2. The first kappa shape index (κ1) is 10.6. The molecule has 0 aromatic rings. The second-order valence-electron chi connectivity index (χ2n) is 4.58. The molecule has 0 aromatic heterocycles. The number of carbonyl (C=O) groups is 1. The Balaban J connectivity index is 2.54. The highest BCUT2D eigenvalue weighted by Crippen LogP contribution is 2.40. The Morgan fingerprint density at radius 2 is 2.00 bits per heavy atom. The first-order valence-electron chi connectivity index (χ1n) is 5.14. The lowest BCUT2D eigenvalue weighted by atomic mass is 9.87. The second-order valence-corrected chi connectivity index (χ2v) is 4.58. The van der Waals surface area contributed by atoms with Gasteiger partial charge in [0.2, 0.25) is 0 Å². The zero-order valence-corrected chi connectivity index (χ0v) is 9.04. The van der Waals surface area contributed by atoms with Gasteiger partial charge in [0.25, 0.3) is 0 Å². The first-order chi connectivity index (χ1) is 6.06. The second kappa shape index (κ2) is 4.12. The largest absolute Gasteiger partial charge is 0.469 e. The van der Waals surface area contributed by atoms with Gasteiger partial charge in [0, 0.05) is 0 Å². The lowest BCUT2D eigenvalue weighted by molar-refractivity contribution is -0.145. The molecule has 0 radical (unpaired) electrons. The molecular formula is C11H20O2.